The van der Waals surface area contributed by atoms with E-state index in [1.54, 1.807) is 6.07 Å². The van der Waals surface area contributed by atoms with Gasteiger partial charge in [0.2, 0.25) is 0 Å². The van der Waals surface area contributed by atoms with E-state index >= 15 is 0 Å². The highest BCUT2D eigenvalue weighted by atomic mass is 35.5. The Morgan fingerprint density at radius 1 is 1.24 bits per heavy atom. The monoisotopic (exact) mass is 312 g/mol. The third-order valence-corrected chi connectivity index (χ3v) is 3.35. The van der Waals surface area contributed by atoms with Crippen LogP contribution >= 0.6 is 11.6 Å². The molecule has 0 saturated heterocycles. The minimum Gasteiger partial charge on any atom is -0.478 e. The molecular formula is C15H21ClN2O3. The lowest BCUT2D eigenvalue weighted by Gasteiger charge is -2.16. The van der Waals surface area contributed by atoms with Crippen molar-refractivity contribution in [3.05, 3.63) is 28.8 Å². The number of benzene rings is 1. The summed E-state index contributed by atoms with van der Waals surface area (Å²) in [6.45, 7) is 6.16. The first-order chi connectivity index (χ1) is 9.81. The van der Waals surface area contributed by atoms with Gasteiger partial charge in [-0.2, -0.15) is 0 Å². The Hall–Kier alpha value is -1.75. The zero-order valence-electron chi connectivity index (χ0n) is 12.4. The van der Waals surface area contributed by atoms with Gasteiger partial charge in [0, 0.05) is 6.04 Å². The largest absolute Gasteiger partial charge is 0.478 e. The molecule has 2 amide bonds. The minimum absolute atomic E-state index is 0.0138. The zero-order valence-corrected chi connectivity index (χ0v) is 13.2. The molecule has 0 aliphatic carbocycles. The number of rotatable bonds is 6. The molecule has 0 aromatic heterocycles. The van der Waals surface area contributed by atoms with Crippen LogP contribution in [0.3, 0.4) is 0 Å². The number of urea groups is 1. The molecule has 3 N–H and O–H groups in total. The highest BCUT2D eigenvalue weighted by Crippen LogP contribution is 2.24. The van der Waals surface area contributed by atoms with Crippen LogP contribution in [-0.4, -0.2) is 23.1 Å². The van der Waals surface area contributed by atoms with E-state index < -0.39 is 12.0 Å². The molecule has 0 saturated carbocycles. The number of carbonyl (C=O) groups excluding carboxylic acids is 1. The lowest BCUT2D eigenvalue weighted by molar-refractivity contribution is 0.0698. The van der Waals surface area contributed by atoms with Gasteiger partial charge in [-0.1, -0.05) is 31.5 Å². The SMILES string of the molecule is CC(C)CCC(C)NC(=O)Nc1cccc(Cl)c1C(=O)O. The summed E-state index contributed by atoms with van der Waals surface area (Å²) in [6, 6.07) is 4.15. The molecule has 0 heterocycles. The third kappa shape index (κ3) is 5.63. The average Bonchev–Trinajstić information content (AvgIpc) is 2.35. The Kier molecular flexibility index (Phi) is 6.49. The van der Waals surface area contributed by atoms with E-state index in [-0.39, 0.29) is 22.3 Å². The number of carbonyl (C=O) groups is 2. The number of nitrogens with one attached hydrogen (secondary N) is 2. The first kappa shape index (κ1) is 17.3. The van der Waals surface area contributed by atoms with E-state index in [1.165, 1.54) is 12.1 Å². The van der Waals surface area contributed by atoms with Crippen LogP contribution in [0.25, 0.3) is 0 Å². The number of aromatic carboxylic acids is 1. The van der Waals surface area contributed by atoms with Crippen LogP contribution in [0.4, 0.5) is 10.5 Å². The maximum absolute atomic E-state index is 11.9. The lowest BCUT2D eigenvalue weighted by atomic mass is 10.0. The number of carboxylic acid groups (broad SMARTS) is 1. The second kappa shape index (κ2) is 7.88. The van der Waals surface area contributed by atoms with Gasteiger partial charge >= 0.3 is 12.0 Å². The van der Waals surface area contributed by atoms with E-state index in [0.29, 0.717) is 5.92 Å². The molecule has 5 nitrogen and oxygen atoms in total. The molecule has 1 rings (SSSR count). The Bertz CT molecular complexity index is 518. The second-order valence-electron chi connectivity index (χ2n) is 5.44. The van der Waals surface area contributed by atoms with Crippen molar-refractivity contribution >= 4 is 29.3 Å². The molecule has 1 atom stereocenters. The van der Waals surface area contributed by atoms with Crippen LogP contribution in [-0.2, 0) is 0 Å². The third-order valence-electron chi connectivity index (χ3n) is 3.03. The molecule has 0 fully saturated rings. The van der Waals surface area contributed by atoms with E-state index in [0.717, 1.165) is 12.8 Å². The number of carboxylic acids is 1. The number of hydrogen-bond acceptors (Lipinski definition) is 2. The normalized spacial score (nSPS) is 12.0. The standard InChI is InChI=1S/C15H21ClN2O3/c1-9(2)7-8-10(3)17-15(21)18-12-6-4-5-11(16)13(12)14(19)20/h4-6,9-10H,7-8H2,1-3H3,(H,19,20)(H2,17,18,21). The van der Waals surface area contributed by atoms with Crippen molar-refractivity contribution in [2.24, 2.45) is 5.92 Å². The predicted molar refractivity (Wildman–Crippen MR) is 84.1 cm³/mol. The van der Waals surface area contributed by atoms with E-state index in [9.17, 15) is 9.59 Å². The van der Waals surface area contributed by atoms with E-state index in [4.69, 9.17) is 16.7 Å². The molecule has 1 aromatic carbocycles. The fourth-order valence-corrected chi connectivity index (χ4v) is 2.14. The number of halogens is 1. The van der Waals surface area contributed by atoms with Crippen LogP contribution in [0.15, 0.2) is 18.2 Å². The molecular weight excluding hydrogens is 292 g/mol. The molecule has 0 aliphatic heterocycles. The smallest absolute Gasteiger partial charge is 0.339 e. The van der Waals surface area contributed by atoms with Gasteiger partial charge in [0.05, 0.1) is 10.7 Å². The minimum atomic E-state index is -1.18. The molecule has 0 aliphatic rings. The first-order valence-corrected chi connectivity index (χ1v) is 7.28. The van der Waals surface area contributed by atoms with Crippen molar-refractivity contribution in [1.82, 2.24) is 5.32 Å². The van der Waals surface area contributed by atoms with Gasteiger partial charge in [-0.15, -0.1) is 0 Å². The highest BCUT2D eigenvalue weighted by molar-refractivity contribution is 6.34. The maximum Gasteiger partial charge on any atom is 0.339 e. The topological polar surface area (TPSA) is 78.4 Å². The fourth-order valence-electron chi connectivity index (χ4n) is 1.88. The van der Waals surface area contributed by atoms with E-state index in [1.807, 2.05) is 6.92 Å². The van der Waals surface area contributed by atoms with Gasteiger partial charge in [-0.05, 0) is 37.8 Å². The Morgan fingerprint density at radius 2 is 1.90 bits per heavy atom. The van der Waals surface area contributed by atoms with Crippen molar-refractivity contribution in [3.8, 4) is 0 Å². The van der Waals surface area contributed by atoms with Crippen molar-refractivity contribution < 1.29 is 14.7 Å². The Balaban J connectivity index is 2.67. The zero-order chi connectivity index (χ0) is 16.0. The van der Waals surface area contributed by atoms with Crippen LogP contribution in [0.5, 0.6) is 0 Å². The lowest BCUT2D eigenvalue weighted by Crippen LogP contribution is -2.36. The van der Waals surface area contributed by atoms with Crippen molar-refractivity contribution in [2.75, 3.05) is 5.32 Å². The van der Waals surface area contributed by atoms with Crippen molar-refractivity contribution in [3.63, 3.8) is 0 Å². The summed E-state index contributed by atoms with van der Waals surface area (Å²) in [5.74, 6) is -0.604. The molecule has 1 aromatic rings. The molecule has 1 unspecified atom stereocenters. The highest BCUT2D eigenvalue weighted by Gasteiger charge is 2.16. The van der Waals surface area contributed by atoms with Crippen LogP contribution in [0.1, 0.15) is 44.0 Å². The fraction of sp³-hybridized carbons (Fsp3) is 0.467. The summed E-state index contributed by atoms with van der Waals surface area (Å²) in [6.07, 6.45) is 1.88. The Labute approximate surface area is 129 Å². The summed E-state index contributed by atoms with van der Waals surface area (Å²) >= 11 is 5.85. The van der Waals surface area contributed by atoms with Gasteiger partial charge in [-0.25, -0.2) is 9.59 Å². The van der Waals surface area contributed by atoms with Gasteiger partial charge < -0.3 is 15.7 Å². The van der Waals surface area contributed by atoms with Crippen LogP contribution < -0.4 is 10.6 Å². The number of hydrogen-bond donors (Lipinski definition) is 3. The molecule has 21 heavy (non-hydrogen) atoms. The average molecular weight is 313 g/mol. The van der Waals surface area contributed by atoms with Crippen LogP contribution in [0.2, 0.25) is 5.02 Å². The van der Waals surface area contributed by atoms with Gasteiger partial charge in [0.15, 0.2) is 0 Å². The molecule has 6 heteroatoms. The van der Waals surface area contributed by atoms with Gasteiger partial charge in [0.25, 0.3) is 0 Å². The maximum atomic E-state index is 11.9. The molecule has 0 spiro atoms. The number of amides is 2. The summed E-state index contributed by atoms with van der Waals surface area (Å²) < 4.78 is 0. The summed E-state index contributed by atoms with van der Waals surface area (Å²) in [5.41, 5.74) is 0.0766. The van der Waals surface area contributed by atoms with Gasteiger partial charge in [0.1, 0.15) is 5.56 Å². The van der Waals surface area contributed by atoms with Crippen molar-refractivity contribution in [2.45, 2.75) is 39.7 Å². The quantitative estimate of drug-likeness (QED) is 0.743. The van der Waals surface area contributed by atoms with Crippen molar-refractivity contribution in [1.29, 1.82) is 0 Å². The van der Waals surface area contributed by atoms with Crippen LogP contribution in [0, 0.1) is 5.92 Å². The summed E-state index contributed by atoms with van der Waals surface area (Å²) in [4.78, 5) is 23.1. The molecule has 0 bridgehead atoms. The van der Waals surface area contributed by atoms with E-state index in [2.05, 4.69) is 24.5 Å². The summed E-state index contributed by atoms with van der Waals surface area (Å²) in [5, 5.41) is 14.5. The second-order valence-corrected chi connectivity index (χ2v) is 5.85. The predicted octanol–water partition coefficient (Wildman–Crippen LogP) is 3.98. The molecule has 116 valence electrons. The molecule has 0 radical (unpaired) electrons. The summed E-state index contributed by atoms with van der Waals surface area (Å²) in [7, 11) is 0. The van der Waals surface area contributed by atoms with Gasteiger partial charge in [-0.3, -0.25) is 0 Å². The number of anilines is 1. The first-order valence-electron chi connectivity index (χ1n) is 6.90. The Morgan fingerprint density at radius 3 is 2.48 bits per heavy atom.